The molecule has 0 aromatic rings. The van der Waals surface area contributed by atoms with Crippen molar-refractivity contribution in [2.24, 2.45) is 29.1 Å². The number of carbonyl (C=O) groups excluding carboxylic acids is 1. The van der Waals surface area contributed by atoms with Crippen LogP contribution in [0.4, 0.5) is 0 Å². The maximum absolute atomic E-state index is 12.2. The molecule has 6 atom stereocenters. The monoisotopic (exact) mass is 423 g/mol. The number of aliphatic hydroxyl groups is 3. The van der Waals surface area contributed by atoms with E-state index in [1.165, 1.54) is 38.5 Å². The van der Waals surface area contributed by atoms with Gasteiger partial charge in [0.15, 0.2) is 0 Å². The maximum atomic E-state index is 12.2. The van der Waals surface area contributed by atoms with Crippen LogP contribution in [0.1, 0.15) is 57.8 Å². The number of hydrogen-bond acceptors (Lipinski definition) is 6. The van der Waals surface area contributed by atoms with Gasteiger partial charge in [-0.05, 0) is 74.5 Å². The molecule has 0 aromatic carbocycles. The number of fused-ring (bicyclic) bond motifs is 1. The van der Waals surface area contributed by atoms with Crippen LogP contribution in [0.2, 0.25) is 0 Å². The van der Waals surface area contributed by atoms with Crippen LogP contribution in [0.5, 0.6) is 0 Å². The average molecular weight is 424 g/mol. The summed E-state index contributed by atoms with van der Waals surface area (Å²) in [4.78, 5) is 12.2. The van der Waals surface area contributed by atoms with Gasteiger partial charge in [-0.15, -0.1) is 0 Å². The Morgan fingerprint density at radius 1 is 1.03 bits per heavy atom. The van der Waals surface area contributed by atoms with E-state index in [-0.39, 0.29) is 30.6 Å². The van der Waals surface area contributed by atoms with Crippen molar-refractivity contribution in [2.45, 2.75) is 88.2 Å². The van der Waals surface area contributed by atoms with Crippen LogP contribution >= 0.6 is 0 Å². The summed E-state index contributed by atoms with van der Waals surface area (Å²) >= 11 is 0. The van der Waals surface area contributed by atoms with Gasteiger partial charge in [0, 0.05) is 18.9 Å². The lowest BCUT2D eigenvalue weighted by atomic mass is 9.50. The van der Waals surface area contributed by atoms with Crippen LogP contribution < -0.4 is 5.32 Å². The summed E-state index contributed by atoms with van der Waals surface area (Å²) in [6.45, 7) is 1.28. The van der Waals surface area contributed by atoms with Crippen LogP contribution in [0.25, 0.3) is 0 Å². The molecule has 5 saturated carbocycles. The molecule has 30 heavy (non-hydrogen) atoms. The lowest BCUT2D eigenvalue weighted by Crippen LogP contribution is -2.48. The second-order valence-electron chi connectivity index (χ2n) is 10.9. The van der Waals surface area contributed by atoms with Crippen molar-refractivity contribution >= 4 is 5.91 Å². The Morgan fingerprint density at radius 3 is 2.33 bits per heavy atom. The van der Waals surface area contributed by atoms with E-state index >= 15 is 0 Å². The van der Waals surface area contributed by atoms with Gasteiger partial charge in [-0.1, -0.05) is 0 Å². The Morgan fingerprint density at radius 2 is 1.70 bits per heavy atom. The van der Waals surface area contributed by atoms with Crippen LogP contribution in [-0.2, 0) is 14.3 Å². The van der Waals surface area contributed by atoms with Crippen LogP contribution in [0.15, 0.2) is 0 Å². The zero-order valence-corrected chi connectivity index (χ0v) is 17.7. The van der Waals surface area contributed by atoms with Crippen molar-refractivity contribution < 1.29 is 29.6 Å². The van der Waals surface area contributed by atoms with E-state index in [0.29, 0.717) is 11.8 Å². The largest absolute Gasteiger partial charge is 0.394 e. The molecule has 1 aliphatic heterocycles. The Bertz CT molecular complexity index is 606. The number of rotatable bonds is 9. The molecule has 7 nitrogen and oxygen atoms in total. The minimum atomic E-state index is -1.11. The molecule has 1 amide bonds. The molecule has 5 aliphatic carbocycles. The van der Waals surface area contributed by atoms with Crippen molar-refractivity contribution in [3.63, 3.8) is 0 Å². The standard InChI is InChI=1S/C23H37NO6/c25-11-16-20(27)21(28)18-19(22(18)30-16)24-17(26)3-1-2-4-29-12-23-8-13-5-14(9-23)7-15(6-13)10-23/h13-16,18-22,25,27-28H,1-12H2,(H,24,26)/t13?,14?,15?,16-,18-,19+,20-,21-,22+,23?/m1/s1. The molecule has 6 fully saturated rings. The van der Waals surface area contributed by atoms with Crippen LogP contribution in [0.3, 0.4) is 0 Å². The fourth-order valence-corrected chi connectivity index (χ4v) is 7.45. The molecule has 0 aromatic heterocycles. The molecule has 1 heterocycles. The Hall–Kier alpha value is -0.730. The van der Waals surface area contributed by atoms with E-state index in [1.54, 1.807) is 0 Å². The number of nitrogens with one attached hydrogen (secondary N) is 1. The molecule has 170 valence electrons. The smallest absolute Gasteiger partial charge is 0.220 e. The molecule has 6 aliphatic rings. The van der Waals surface area contributed by atoms with Crippen LogP contribution in [0, 0.1) is 29.1 Å². The third kappa shape index (κ3) is 4.04. The first-order valence-electron chi connectivity index (χ1n) is 12.0. The van der Waals surface area contributed by atoms with E-state index in [9.17, 15) is 20.1 Å². The Kier molecular flexibility index (Phi) is 5.86. The predicted molar refractivity (Wildman–Crippen MR) is 108 cm³/mol. The SMILES string of the molecule is O=C(CCCCOCC12CC3CC(CC(C3)C1)C2)N[C@@H]1[C@H]2O[C@H](CO)[C@@H](O)[C@H](O)[C@@H]12. The number of ether oxygens (including phenoxy) is 2. The van der Waals surface area contributed by atoms with Gasteiger partial charge in [-0.25, -0.2) is 0 Å². The van der Waals surface area contributed by atoms with E-state index in [0.717, 1.165) is 43.8 Å². The van der Waals surface area contributed by atoms with Gasteiger partial charge in [0.05, 0.1) is 31.5 Å². The third-order valence-corrected chi connectivity index (χ3v) is 8.49. The highest BCUT2D eigenvalue weighted by Gasteiger charge is 2.62. The minimum absolute atomic E-state index is 0.0543. The van der Waals surface area contributed by atoms with Gasteiger partial charge in [-0.3, -0.25) is 4.79 Å². The van der Waals surface area contributed by atoms with Gasteiger partial charge in [0.1, 0.15) is 12.2 Å². The number of aliphatic hydroxyl groups excluding tert-OH is 3. The number of unbranched alkanes of at least 4 members (excludes halogenated alkanes) is 1. The summed E-state index contributed by atoms with van der Waals surface area (Å²) in [5, 5.41) is 32.2. The molecule has 6 rings (SSSR count). The lowest BCUT2D eigenvalue weighted by Gasteiger charge is -2.56. The first-order valence-corrected chi connectivity index (χ1v) is 12.0. The molecule has 0 unspecified atom stereocenters. The average Bonchev–Trinajstić information content (AvgIpc) is 3.38. The second kappa shape index (κ2) is 8.32. The first-order chi connectivity index (χ1) is 14.5. The lowest BCUT2D eigenvalue weighted by molar-refractivity contribution is -0.152. The van der Waals surface area contributed by atoms with E-state index < -0.39 is 18.3 Å². The number of amides is 1. The van der Waals surface area contributed by atoms with Gasteiger partial charge in [-0.2, -0.15) is 0 Å². The molecule has 0 spiro atoms. The molecule has 0 radical (unpaired) electrons. The number of carbonyl (C=O) groups is 1. The molecule has 4 bridgehead atoms. The number of hydrogen-bond donors (Lipinski definition) is 4. The fourth-order valence-electron chi connectivity index (χ4n) is 7.45. The second-order valence-corrected chi connectivity index (χ2v) is 10.9. The summed E-state index contributed by atoms with van der Waals surface area (Å²) in [6, 6.07) is -0.272. The van der Waals surface area contributed by atoms with Crippen molar-refractivity contribution in [2.75, 3.05) is 19.8 Å². The van der Waals surface area contributed by atoms with Crippen molar-refractivity contribution in [3.8, 4) is 0 Å². The minimum Gasteiger partial charge on any atom is -0.394 e. The van der Waals surface area contributed by atoms with Crippen LogP contribution in [-0.4, -0.2) is 71.5 Å². The van der Waals surface area contributed by atoms with Gasteiger partial charge < -0.3 is 30.1 Å². The third-order valence-electron chi connectivity index (χ3n) is 8.49. The summed E-state index contributed by atoms with van der Waals surface area (Å²) in [5.41, 5.74) is 0.451. The van der Waals surface area contributed by atoms with Gasteiger partial charge in [0.25, 0.3) is 0 Å². The highest BCUT2D eigenvalue weighted by atomic mass is 16.5. The van der Waals surface area contributed by atoms with E-state index in [4.69, 9.17) is 9.47 Å². The van der Waals surface area contributed by atoms with E-state index in [2.05, 4.69) is 5.32 Å². The molecular formula is C23H37NO6. The fraction of sp³-hybridized carbons (Fsp3) is 0.957. The normalized spacial score (nSPS) is 48.4. The summed E-state index contributed by atoms with van der Waals surface area (Å²) in [5.74, 6) is 2.51. The summed E-state index contributed by atoms with van der Waals surface area (Å²) in [6.07, 6.45) is 7.38. The van der Waals surface area contributed by atoms with Crippen molar-refractivity contribution in [1.29, 1.82) is 0 Å². The molecule has 7 heteroatoms. The molecule has 4 N–H and O–H groups in total. The maximum Gasteiger partial charge on any atom is 0.220 e. The molecular weight excluding hydrogens is 386 g/mol. The highest BCUT2D eigenvalue weighted by molar-refractivity contribution is 5.76. The summed E-state index contributed by atoms with van der Waals surface area (Å²) in [7, 11) is 0. The topological polar surface area (TPSA) is 108 Å². The quantitative estimate of drug-likeness (QED) is 0.412. The van der Waals surface area contributed by atoms with Gasteiger partial charge >= 0.3 is 0 Å². The Balaban J connectivity index is 0.969. The Labute approximate surface area is 178 Å². The molecule has 1 saturated heterocycles. The zero-order valence-electron chi connectivity index (χ0n) is 17.7. The zero-order chi connectivity index (χ0) is 20.9. The first kappa shape index (κ1) is 21.1. The van der Waals surface area contributed by atoms with Crippen molar-refractivity contribution in [1.82, 2.24) is 5.32 Å². The van der Waals surface area contributed by atoms with Crippen molar-refractivity contribution in [3.05, 3.63) is 0 Å². The summed E-state index contributed by atoms with van der Waals surface area (Å²) < 4.78 is 11.7. The van der Waals surface area contributed by atoms with E-state index in [1.807, 2.05) is 0 Å². The van der Waals surface area contributed by atoms with Gasteiger partial charge in [0.2, 0.25) is 5.91 Å². The predicted octanol–water partition coefficient (Wildman–Crippen LogP) is 0.986. The highest BCUT2D eigenvalue weighted by Crippen LogP contribution is 2.60.